The number of amides is 1. The number of carbonyl (C=O) groups is 2. The van der Waals surface area contributed by atoms with Crippen molar-refractivity contribution in [3.63, 3.8) is 0 Å². The second kappa shape index (κ2) is 8.44. The van der Waals surface area contributed by atoms with Crippen molar-refractivity contribution in [2.24, 2.45) is 0 Å². The number of pyridine rings is 1. The van der Waals surface area contributed by atoms with Crippen LogP contribution < -0.4 is 5.32 Å². The highest BCUT2D eigenvalue weighted by molar-refractivity contribution is 7.22. The Morgan fingerprint density at radius 3 is 2.76 bits per heavy atom. The first-order chi connectivity index (χ1) is 16.0. The first-order valence-corrected chi connectivity index (χ1v) is 11.1. The number of carbonyl (C=O) groups excluding carboxylic acids is 2. The van der Waals surface area contributed by atoms with E-state index in [0.29, 0.717) is 39.9 Å². The summed E-state index contributed by atoms with van der Waals surface area (Å²) in [6, 6.07) is 16.8. The van der Waals surface area contributed by atoms with Crippen molar-refractivity contribution in [2.45, 2.75) is 13.8 Å². The Balaban J connectivity index is 1.39. The van der Waals surface area contributed by atoms with Crippen molar-refractivity contribution in [3.05, 3.63) is 77.6 Å². The number of nitrogens with zero attached hydrogens (tertiary/aromatic N) is 4. The lowest BCUT2D eigenvalue weighted by atomic mass is 10.2. The van der Waals surface area contributed by atoms with Crippen molar-refractivity contribution >= 4 is 49.5 Å². The Labute approximate surface area is 192 Å². The van der Waals surface area contributed by atoms with Crippen LogP contribution >= 0.6 is 11.3 Å². The molecule has 0 radical (unpaired) electrons. The molecule has 5 rings (SSSR count). The molecular weight excluding hydrogens is 438 g/mol. The number of rotatable bonds is 5. The number of thiazole rings is 1. The van der Waals surface area contributed by atoms with Crippen LogP contribution in [-0.4, -0.2) is 38.2 Å². The molecule has 0 fully saturated rings. The monoisotopic (exact) mass is 457 g/mol. The zero-order valence-corrected chi connectivity index (χ0v) is 18.7. The van der Waals surface area contributed by atoms with Gasteiger partial charge in [0.05, 0.1) is 45.4 Å². The van der Waals surface area contributed by atoms with E-state index in [1.807, 2.05) is 43.3 Å². The maximum atomic E-state index is 12.9. The summed E-state index contributed by atoms with van der Waals surface area (Å²) >= 11 is 1.29. The lowest BCUT2D eigenvalue weighted by Gasteiger charge is -2.06. The molecule has 5 aromatic rings. The third-order valence-electron chi connectivity index (χ3n) is 5.18. The number of anilines is 1. The number of fused-ring (bicyclic) bond motifs is 2. The Kier molecular flexibility index (Phi) is 5.31. The molecule has 0 unspecified atom stereocenters. The number of para-hydroxylation sites is 1. The topological polar surface area (TPSA) is 99.0 Å². The van der Waals surface area contributed by atoms with Gasteiger partial charge in [-0.05, 0) is 50.2 Å². The van der Waals surface area contributed by atoms with Gasteiger partial charge in [0.15, 0.2) is 10.9 Å². The van der Waals surface area contributed by atoms with Crippen LogP contribution in [0.3, 0.4) is 0 Å². The Morgan fingerprint density at radius 2 is 1.91 bits per heavy atom. The largest absolute Gasteiger partial charge is 0.462 e. The van der Waals surface area contributed by atoms with Gasteiger partial charge in [-0.1, -0.05) is 29.5 Å². The molecule has 33 heavy (non-hydrogen) atoms. The third-order valence-corrected chi connectivity index (χ3v) is 6.11. The van der Waals surface area contributed by atoms with Crippen molar-refractivity contribution in [3.8, 4) is 5.82 Å². The molecule has 164 valence electrons. The number of nitrogens with one attached hydrogen (secondary N) is 1. The van der Waals surface area contributed by atoms with Crippen LogP contribution in [0.2, 0.25) is 0 Å². The standard InChI is InChI=1S/C24H19N5O3S/c1-3-32-23(31)16-8-10-19-20(12-16)33-24(27-19)28-22(30)17-13-25-29(14(17)2)21-11-9-15-6-4-5-7-18(15)26-21/h4-13H,3H2,1-2H3,(H,27,28,30). The first-order valence-electron chi connectivity index (χ1n) is 10.3. The average Bonchev–Trinajstić information content (AvgIpc) is 3.41. The van der Waals surface area contributed by atoms with Crippen molar-refractivity contribution in [1.82, 2.24) is 19.7 Å². The quantitative estimate of drug-likeness (QED) is 0.382. The first kappa shape index (κ1) is 20.8. The van der Waals surface area contributed by atoms with Gasteiger partial charge in [-0.25, -0.2) is 19.4 Å². The Morgan fingerprint density at radius 1 is 1.06 bits per heavy atom. The van der Waals surface area contributed by atoms with Gasteiger partial charge in [-0.2, -0.15) is 5.10 Å². The molecule has 0 atom stereocenters. The molecule has 0 bridgehead atoms. The second-order valence-electron chi connectivity index (χ2n) is 7.29. The summed E-state index contributed by atoms with van der Waals surface area (Å²) in [4.78, 5) is 34.0. The van der Waals surface area contributed by atoms with Crippen LogP contribution in [0.1, 0.15) is 33.3 Å². The van der Waals surface area contributed by atoms with Gasteiger partial charge >= 0.3 is 5.97 Å². The molecule has 1 N–H and O–H groups in total. The number of esters is 1. The molecular formula is C24H19N5O3S. The molecule has 0 saturated carbocycles. The molecule has 3 heterocycles. The molecule has 0 spiro atoms. The third kappa shape index (κ3) is 3.94. The number of ether oxygens (including phenoxy) is 1. The molecule has 1 amide bonds. The predicted octanol–water partition coefficient (Wildman–Crippen LogP) is 4.77. The molecule has 0 aliphatic heterocycles. The maximum Gasteiger partial charge on any atom is 0.338 e. The summed E-state index contributed by atoms with van der Waals surface area (Å²) in [6.45, 7) is 3.89. The summed E-state index contributed by atoms with van der Waals surface area (Å²) < 4.78 is 7.47. The predicted molar refractivity (Wildman–Crippen MR) is 127 cm³/mol. The highest BCUT2D eigenvalue weighted by atomic mass is 32.1. The van der Waals surface area contributed by atoms with E-state index in [1.54, 1.807) is 29.8 Å². The van der Waals surface area contributed by atoms with Gasteiger partial charge in [0, 0.05) is 5.39 Å². The maximum absolute atomic E-state index is 12.9. The van der Waals surface area contributed by atoms with Crippen LogP contribution in [0.5, 0.6) is 0 Å². The van der Waals surface area contributed by atoms with E-state index < -0.39 is 0 Å². The summed E-state index contributed by atoms with van der Waals surface area (Å²) in [6.07, 6.45) is 1.52. The van der Waals surface area contributed by atoms with Crippen LogP contribution in [0, 0.1) is 6.92 Å². The Hall–Kier alpha value is -4.11. The van der Waals surface area contributed by atoms with Crippen LogP contribution in [0.25, 0.3) is 26.9 Å². The van der Waals surface area contributed by atoms with Crippen molar-refractivity contribution in [2.75, 3.05) is 11.9 Å². The zero-order chi connectivity index (χ0) is 22.9. The Bertz CT molecular complexity index is 1520. The lowest BCUT2D eigenvalue weighted by Crippen LogP contribution is -2.13. The van der Waals surface area contributed by atoms with Gasteiger partial charge in [-0.15, -0.1) is 0 Å². The van der Waals surface area contributed by atoms with Crippen LogP contribution in [0.15, 0.2) is 60.8 Å². The van der Waals surface area contributed by atoms with E-state index in [4.69, 9.17) is 4.74 Å². The molecule has 0 aliphatic rings. The minimum atomic E-state index is -0.385. The summed E-state index contributed by atoms with van der Waals surface area (Å²) in [5, 5.41) is 8.68. The van der Waals surface area contributed by atoms with E-state index in [2.05, 4.69) is 20.4 Å². The van der Waals surface area contributed by atoms with Gasteiger partial charge in [0.1, 0.15) is 0 Å². The van der Waals surface area contributed by atoms with Gasteiger partial charge in [-0.3, -0.25) is 10.1 Å². The fourth-order valence-electron chi connectivity index (χ4n) is 3.52. The highest BCUT2D eigenvalue weighted by Crippen LogP contribution is 2.28. The van der Waals surface area contributed by atoms with Gasteiger partial charge < -0.3 is 4.74 Å². The summed E-state index contributed by atoms with van der Waals surface area (Å²) in [5.41, 5.74) is 3.09. The summed E-state index contributed by atoms with van der Waals surface area (Å²) in [7, 11) is 0. The molecule has 2 aromatic carbocycles. The van der Waals surface area contributed by atoms with E-state index in [9.17, 15) is 9.59 Å². The molecule has 0 saturated heterocycles. The van der Waals surface area contributed by atoms with E-state index >= 15 is 0 Å². The normalized spacial score (nSPS) is 11.1. The summed E-state index contributed by atoms with van der Waals surface area (Å²) in [5.74, 6) is -0.0651. The minimum Gasteiger partial charge on any atom is -0.462 e. The average molecular weight is 458 g/mol. The van der Waals surface area contributed by atoms with Gasteiger partial charge in [0.2, 0.25) is 0 Å². The zero-order valence-electron chi connectivity index (χ0n) is 17.9. The molecule has 0 aliphatic carbocycles. The lowest BCUT2D eigenvalue weighted by molar-refractivity contribution is 0.0526. The smallest absolute Gasteiger partial charge is 0.338 e. The fraction of sp³-hybridized carbons (Fsp3) is 0.125. The highest BCUT2D eigenvalue weighted by Gasteiger charge is 2.18. The SMILES string of the molecule is CCOC(=O)c1ccc2nc(NC(=O)c3cnn(-c4ccc5ccccc5n4)c3C)sc2c1. The molecule has 9 heteroatoms. The van der Waals surface area contributed by atoms with Crippen LogP contribution in [-0.2, 0) is 4.74 Å². The number of aromatic nitrogens is 4. The van der Waals surface area contributed by atoms with Gasteiger partial charge in [0.25, 0.3) is 5.91 Å². The van der Waals surface area contributed by atoms with E-state index in [0.717, 1.165) is 15.6 Å². The van der Waals surface area contributed by atoms with Crippen LogP contribution in [0.4, 0.5) is 5.13 Å². The van der Waals surface area contributed by atoms with E-state index in [-0.39, 0.29) is 11.9 Å². The second-order valence-corrected chi connectivity index (χ2v) is 8.32. The molecule has 3 aromatic heterocycles. The molecule has 8 nitrogen and oxygen atoms in total. The van der Waals surface area contributed by atoms with E-state index in [1.165, 1.54) is 17.5 Å². The number of benzene rings is 2. The van der Waals surface area contributed by atoms with Crippen molar-refractivity contribution in [1.29, 1.82) is 0 Å². The number of hydrogen-bond acceptors (Lipinski definition) is 7. The minimum absolute atomic E-state index is 0.308. The number of hydrogen-bond donors (Lipinski definition) is 1. The van der Waals surface area contributed by atoms with Crippen molar-refractivity contribution < 1.29 is 14.3 Å². The fourth-order valence-corrected chi connectivity index (χ4v) is 4.42.